The molecule has 3 aliphatic carbocycles. The molecular weight excluding hydrogens is 252 g/mol. The van der Waals surface area contributed by atoms with Gasteiger partial charge in [0.2, 0.25) is 0 Å². The molecule has 0 aliphatic heterocycles. The van der Waals surface area contributed by atoms with E-state index in [2.05, 4.69) is 21.7 Å². The molecule has 3 fully saturated rings. The summed E-state index contributed by atoms with van der Waals surface area (Å²) in [7, 11) is 0. The topological polar surface area (TPSA) is 29.3 Å². The van der Waals surface area contributed by atoms with Crippen molar-refractivity contribution in [2.24, 2.45) is 17.6 Å². The molecule has 4 rings (SSSR count). The summed E-state index contributed by atoms with van der Waals surface area (Å²) in [5.41, 5.74) is 8.14. The van der Waals surface area contributed by atoms with E-state index in [4.69, 9.17) is 5.73 Å². The largest absolute Gasteiger partial charge is 0.329 e. The van der Waals surface area contributed by atoms with E-state index in [0.717, 1.165) is 31.0 Å². The number of thiophene rings is 1. The van der Waals surface area contributed by atoms with Gasteiger partial charge in [-0.05, 0) is 66.3 Å². The summed E-state index contributed by atoms with van der Waals surface area (Å²) in [5.74, 6) is 1.85. The molecule has 0 saturated heterocycles. The third kappa shape index (κ3) is 1.98. The first-order chi connectivity index (χ1) is 9.32. The van der Waals surface area contributed by atoms with Crippen LogP contribution in [0.3, 0.4) is 0 Å². The van der Waals surface area contributed by atoms with Crippen LogP contribution in [0.1, 0.15) is 44.1 Å². The van der Waals surface area contributed by atoms with E-state index in [1.165, 1.54) is 44.1 Å². The van der Waals surface area contributed by atoms with Gasteiger partial charge in [0.1, 0.15) is 0 Å². The van der Waals surface area contributed by atoms with Crippen molar-refractivity contribution in [1.29, 1.82) is 0 Å². The Labute approximate surface area is 120 Å². The van der Waals surface area contributed by atoms with Crippen LogP contribution < -0.4 is 5.73 Å². The monoisotopic (exact) mass is 276 g/mol. The molecule has 2 N–H and O–H groups in total. The van der Waals surface area contributed by atoms with Gasteiger partial charge in [0.05, 0.1) is 0 Å². The third-order valence-corrected chi connectivity index (χ3v) is 6.52. The number of rotatable bonds is 5. The molecule has 2 bridgehead atoms. The molecule has 0 radical (unpaired) electrons. The Bertz CT molecular complexity index is 440. The lowest BCUT2D eigenvalue weighted by Crippen LogP contribution is -2.57. The van der Waals surface area contributed by atoms with Crippen molar-refractivity contribution >= 4 is 11.3 Å². The molecule has 1 aromatic heterocycles. The second kappa shape index (κ2) is 4.57. The Kier molecular flexibility index (Phi) is 2.98. The van der Waals surface area contributed by atoms with Crippen LogP contribution in [-0.2, 0) is 6.54 Å². The predicted octanol–water partition coefficient (Wildman–Crippen LogP) is 3.23. The van der Waals surface area contributed by atoms with Crippen LogP contribution in [-0.4, -0.2) is 23.0 Å². The molecule has 3 aliphatic rings. The lowest BCUT2D eigenvalue weighted by Gasteiger charge is -2.47. The maximum atomic E-state index is 6.31. The summed E-state index contributed by atoms with van der Waals surface area (Å²) in [6.45, 7) is 2.00. The first-order valence-corrected chi connectivity index (χ1v) is 8.74. The first kappa shape index (κ1) is 12.4. The average molecular weight is 276 g/mol. The molecule has 3 saturated carbocycles. The van der Waals surface area contributed by atoms with E-state index in [0.29, 0.717) is 5.54 Å². The molecule has 104 valence electrons. The number of fused-ring (bicyclic) bond motifs is 2. The zero-order chi connectivity index (χ0) is 12.9. The number of nitrogens with zero attached hydrogens (tertiary/aromatic N) is 1. The lowest BCUT2D eigenvalue weighted by molar-refractivity contribution is 0.0268. The van der Waals surface area contributed by atoms with Gasteiger partial charge in [-0.15, -0.1) is 0 Å². The first-order valence-electron chi connectivity index (χ1n) is 7.80. The number of nitrogens with two attached hydrogens (primary N) is 1. The van der Waals surface area contributed by atoms with Gasteiger partial charge in [0, 0.05) is 24.7 Å². The van der Waals surface area contributed by atoms with Gasteiger partial charge in [0.15, 0.2) is 0 Å². The van der Waals surface area contributed by atoms with Gasteiger partial charge < -0.3 is 5.73 Å². The normalized spacial score (nSPS) is 37.4. The highest BCUT2D eigenvalue weighted by Gasteiger charge is 2.55. The molecule has 1 aromatic rings. The molecule has 1 heterocycles. The zero-order valence-electron chi connectivity index (χ0n) is 11.6. The Balaban J connectivity index is 1.62. The van der Waals surface area contributed by atoms with Crippen molar-refractivity contribution in [1.82, 2.24) is 4.90 Å². The highest BCUT2D eigenvalue weighted by atomic mass is 32.1. The summed E-state index contributed by atoms with van der Waals surface area (Å²) < 4.78 is 0. The van der Waals surface area contributed by atoms with Crippen molar-refractivity contribution in [3.05, 3.63) is 22.4 Å². The van der Waals surface area contributed by atoms with Crippen molar-refractivity contribution in [3.63, 3.8) is 0 Å². The fourth-order valence-electron chi connectivity index (χ4n) is 4.75. The molecular formula is C16H24N2S. The zero-order valence-corrected chi connectivity index (χ0v) is 12.4. The number of hydrogen-bond acceptors (Lipinski definition) is 3. The second-order valence-corrected chi connectivity index (χ2v) is 7.66. The maximum Gasteiger partial charge on any atom is 0.0369 e. The standard InChI is InChI=1S/C16H24N2S/c17-11-16(8-12-1-2-14(16)7-12)18(15-3-4-15)9-13-5-6-19-10-13/h5-6,10,12,14-15H,1-4,7-9,11,17H2. The summed E-state index contributed by atoms with van der Waals surface area (Å²) in [6, 6.07) is 3.11. The van der Waals surface area contributed by atoms with Crippen LogP contribution in [0.4, 0.5) is 0 Å². The summed E-state index contributed by atoms with van der Waals surface area (Å²) in [4.78, 5) is 2.82. The van der Waals surface area contributed by atoms with Gasteiger partial charge >= 0.3 is 0 Å². The summed E-state index contributed by atoms with van der Waals surface area (Å²) in [5, 5.41) is 4.52. The van der Waals surface area contributed by atoms with Crippen LogP contribution in [0, 0.1) is 11.8 Å². The summed E-state index contributed by atoms with van der Waals surface area (Å²) in [6.07, 6.45) is 8.49. The minimum atomic E-state index is 0.339. The van der Waals surface area contributed by atoms with Gasteiger partial charge in [-0.2, -0.15) is 11.3 Å². The van der Waals surface area contributed by atoms with Crippen LogP contribution >= 0.6 is 11.3 Å². The highest BCUT2D eigenvalue weighted by Crippen LogP contribution is 2.55. The van der Waals surface area contributed by atoms with E-state index in [9.17, 15) is 0 Å². The molecule has 3 atom stereocenters. The van der Waals surface area contributed by atoms with Gasteiger partial charge in [-0.25, -0.2) is 0 Å². The maximum absolute atomic E-state index is 6.31. The molecule has 0 amide bonds. The Morgan fingerprint density at radius 1 is 1.32 bits per heavy atom. The van der Waals surface area contributed by atoms with Crippen LogP contribution in [0.15, 0.2) is 16.8 Å². The van der Waals surface area contributed by atoms with Crippen LogP contribution in [0.2, 0.25) is 0 Å². The minimum absolute atomic E-state index is 0.339. The van der Waals surface area contributed by atoms with Crippen molar-refractivity contribution in [3.8, 4) is 0 Å². The Morgan fingerprint density at radius 3 is 2.74 bits per heavy atom. The van der Waals surface area contributed by atoms with E-state index in [1.54, 1.807) is 0 Å². The fourth-order valence-corrected chi connectivity index (χ4v) is 5.41. The SMILES string of the molecule is NCC1(N(Cc2ccsc2)C2CC2)CC2CCC1C2. The molecule has 2 nitrogen and oxygen atoms in total. The lowest BCUT2D eigenvalue weighted by atomic mass is 9.79. The molecule has 3 unspecified atom stereocenters. The fraction of sp³-hybridized carbons (Fsp3) is 0.750. The van der Waals surface area contributed by atoms with Crippen molar-refractivity contribution < 1.29 is 0 Å². The third-order valence-electron chi connectivity index (χ3n) is 5.79. The van der Waals surface area contributed by atoms with Crippen molar-refractivity contribution in [2.45, 2.75) is 56.7 Å². The predicted molar refractivity (Wildman–Crippen MR) is 80.1 cm³/mol. The molecule has 0 aromatic carbocycles. The summed E-state index contributed by atoms with van der Waals surface area (Å²) >= 11 is 1.82. The molecule has 19 heavy (non-hydrogen) atoms. The van der Waals surface area contributed by atoms with E-state index in [1.807, 2.05) is 11.3 Å². The average Bonchev–Trinajstić information content (AvgIpc) is 2.87. The molecule has 3 heteroatoms. The Morgan fingerprint density at radius 2 is 2.21 bits per heavy atom. The van der Waals surface area contributed by atoms with Gasteiger partial charge in [-0.3, -0.25) is 4.90 Å². The van der Waals surface area contributed by atoms with Crippen LogP contribution in [0.25, 0.3) is 0 Å². The van der Waals surface area contributed by atoms with Crippen molar-refractivity contribution in [2.75, 3.05) is 6.54 Å². The molecule has 0 spiro atoms. The quantitative estimate of drug-likeness (QED) is 0.894. The van der Waals surface area contributed by atoms with E-state index >= 15 is 0 Å². The minimum Gasteiger partial charge on any atom is -0.329 e. The second-order valence-electron chi connectivity index (χ2n) is 6.88. The van der Waals surface area contributed by atoms with Gasteiger partial charge in [-0.1, -0.05) is 6.42 Å². The highest BCUT2D eigenvalue weighted by molar-refractivity contribution is 7.07. The smallest absolute Gasteiger partial charge is 0.0369 e. The van der Waals surface area contributed by atoms with Crippen LogP contribution in [0.5, 0.6) is 0 Å². The number of hydrogen-bond donors (Lipinski definition) is 1. The van der Waals surface area contributed by atoms with Gasteiger partial charge in [0.25, 0.3) is 0 Å². The Hall–Kier alpha value is -0.380. The van der Waals surface area contributed by atoms with E-state index < -0.39 is 0 Å². The van der Waals surface area contributed by atoms with E-state index in [-0.39, 0.29) is 0 Å².